The van der Waals surface area contributed by atoms with E-state index in [0.717, 1.165) is 6.42 Å². The van der Waals surface area contributed by atoms with Crippen molar-refractivity contribution < 1.29 is 19.2 Å². The quantitative estimate of drug-likeness (QED) is 0.213. The number of hydrogen-bond donors (Lipinski definition) is 2. The Kier molecular flexibility index (Phi) is 9.39. The fourth-order valence-electron chi connectivity index (χ4n) is 3.24. The van der Waals surface area contributed by atoms with Crippen LogP contribution in [-0.2, 0) is 29.1 Å². The summed E-state index contributed by atoms with van der Waals surface area (Å²) >= 11 is 1.20. The van der Waals surface area contributed by atoms with Crippen LogP contribution in [0.3, 0.4) is 0 Å². The number of carbonyl (C=O) groups is 2. The van der Waals surface area contributed by atoms with E-state index in [-0.39, 0.29) is 29.8 Å². The number of non-ortho nitro benzene ring substituents is 1. The van der Waals surface area contributed by atoms with Crippen molar-refractivity contribution in [2.24, 2.45) is 0 Å². The molecule has 0 fully saturated rings. The Balaban J connectivity index is 1.50. The smallest absolute Gasteiger partial charge is 0.269 e. The van der Waals surface area contributed by atoms with Crippen molar-refractivity contribution in [3.05, 3.63) is 70.0 Å². The summed E-state index contributed by atoms with van der Waals surface area (Å²) in [4.78, 5) is 35.0. The first kappa shape index (κ1) is 26.7. The van der Waals surface area contributed by atoms with Crippen LogP contribution in [-0.4, -0.2) is 43.4 Å². The molecule has 2 N–H and O–H groups in total. The molecule has 12 heteroatoms. The van der Waals surface area contributed by atoms with Crippen LogP contribution in [0.2, 0.25) is 0 Å². The average Bonchev–Trinajstić information content (AvgIpc) is 3.28. The molecular weight excluding hydrogens is 484 g/mol. The Morgan fingerprint density at radius 2 is 1.81 bits per heavy atom. The molecule has 11 nitrogen and oxygen atoms in total. The van der Waals surface area contributed by atoms with Crippen LogP contribution in [0, 0.1) is 10.1 Å². The van der Waals surface area contributed by atoms with Gasteiger partial charge in [0.2, 0.25) is 5.91 Å². The second-order valence-corrected chi connectivity index (χ2v) is 8.70. The monoisotopic (exact) mass is 512 g/mol. The minimum absolute atomic E-state index is 0.0513. The van der Waals surface area contributed by atoms with E-state index in [0.29, 0.717) is 29.0 Å². The third kappa shape index (κ3) is 7.28. The van der Waals surface area contributed by atoms with E-state index >= 15 is 0 Å². The molecule has 0 radical (unpaired) electrons. The number of benzene rings is 2. The Labute approximate surface area is 212 Å². The zero-order valence-corrected chi connectivity index (χ0v) is 21.1. The normalized spacial score (nSPS) is 11.5. The van der Waals surface area contributed by atoms with Crippen LogP contribution < -0.4 is 15.4 Å². The highest BCUT2D eigenvalue weighted by Gasteiger charge is 2.18. The fraction of sp³-hybridized carbons (Fsp3) is 0.333. The number of thioether (sulfide) groups is 1. The highest BCUT2D eigenvalue weighted by atomic mass is 32.2. The number of nitrogens with one attached hydrogen (secondary N) is 2. The standard InChI is InChI=1S/C24H28N6O5S/c1-4-17-6-12-20(13-7-17)35-16(3)23(32)25-14-21-27-28-24(29(21)5-2)36-15-22(31)26-18-8-10-19(11-9-18)30(33)34/h6-13,16H,4-5,14-15H2,1-3H3,(H,25,32)(H,26,31)/t16-/m0/s1. The maximum atomic E-state index is 12.5. The number of amides is 2. The highest BCUT2D eigenvalue weighted by Crippen LogP contribution is 2.19. The number of anilines is 1. The van der Waals surface area contributed by atoms with Gasteiger partial charge in [-0.05, 0) is 50.1 Å². The first-order valence-corrected chi connectivity index (χ1v) is 12.4. The van der Waals surface area contributed by atoms with E-state index < -0.39 is 11.0 Å². The molecule has 0 saturated heterocycles. The molecule has 0 unspecified atom stereocenters. The van der Waals surface area contributed by atoms with Gasteiger partial charge in [-0.15, -0.1) is 10.2 Å². The number of carbonyl (C=O) groups excluding carboxylic acids is 2. The molecule has 0 saturated carbocycles. The molecule has 1 aromatic heterocycles. The van der Waals surface area contributed by atoms with Crippen molar-refractivity contribution in [3.63, 3.8) is 0 Å². The predicted octanol–water partition coefficient (Wildman–Crippen LogP) is 3.58. The zero-order valence-electron chi connectivity index (χ0n) is 20.3. The van der Waals surface area contributed by atoms with Gasteiger partial charge in [0.1, 0.15) is 5.75 Å². The van der Waals surface area contributed by atoms with Gasteiger partial charge < -0.3 is 19.9 Å². The second kappa shape index (κ2) is 12.7. The fourth-order valence-corrected chi connectivity index (χ4v) is 4.06. The Morgan fingerprint density at radius 1 is 1.11 bits per heavy atom. The number of aryl methyl sites for hydroxylation is 1. The molecule has 0 spiro atoms. The molecule has 2 aromatic carbocycles. The van der Waals surface area contributed by atoms with Gasteiger partial charge in [0, 0.05) is 24.4 Å². The second-order valence-electron chi connectivity index (χ2n) is 7.76. The lowest BCUT2D eigenvalue weighted by molar-refractivity contribution is -0.384. The summed E-state index contributed by atoms with van der Waals surface area (Å²) in [5.74, 6) is 0.688. The summed E-state index contributed by atoms with van der Waals surface area (Å²) in [7, 11) is 0. The third-order valence-corrected chi connectivity index (χ3v) is 6.21. The van der Waals surface area contributed by atoms with E-state index in [1.807, 2.05) is 35.8 Å². The summed E-state index contributed by atoms with van der Waals surface area (Å²) in [6.45, 7) is 6.39. The van der Waals surface area contributed by atoms with Crippen LogP contribution in [0.15, 0.2) is 53.7 Å². The Hall–Kier alpha value is -3.93. The summed E-state index contributed by atoms with van der Waals surface area (Å²) in [5.41, 5.74) is 1.60. The number of nitro groups is 1. The maximum absolute atomic E-state index is 12.5. The summed E-state index contributed by atoms with van der Waals surface area (Å²) in [6.07, 6.45) is 0.242. The van der Waals surface area contributed by atoms with Crippen molar-refractivity contribution in [3.8, 4) is 5.75 Å². The molecule has 0 aliphatic rings. The van der Waals surface area contributed by atoms with E-state index in [9.17, 15) is 19.7 Å². The number of rotatable bonds is 12. The van der Waals surface area contributed by atoms with Crippen molar-refractivity contribution in [2.75, 3.05) is 11.1 Å². The largest absolute Gasteiger partial charge is 0.481 e. The summed E-state index contributed by atoms with van der Waals surface area (Å²) < 4.78 is 7.54. The van der Waals surface area contributed by atoms with E-state index in [1.165, 1.54) is 41.6 Å². The minimum atomic E-state index is -0.688. The SMILES string of the molecule is CCc1ccc(O[C@@H](C)C(=O)NCc2nnc(SCC(=O)Nc3ccc([N+](=O)[O-])cc3)n2CC)cc1. The molecule has 2 amide bonds. The lowest BCUT2D eigenvalue weighted by Crippen LogP contribution is -2.36. The molecule has 0 aliphatic heterocycles. The molecule has 0 bridgehead atoms. The Morgan fingerprint density at radius 3 is 2.42 bits per heavy atom. The van der Waals surface area contributed by atoms with Crippen molar-refractivity contribution in [1.29, 1.82) is 0 Å². The summed E-state index contributed by atoms with van der Waals surface area (Å²) in [5, 5.41) is 25.1. The molecule has 1 heterocycles. The third-order valence-electron chi connectivity index (χ3n) is 5.24. The number of aromatic nitrogens is 3. The van der Waals surface area contributed by atoms with Crippen LogP contribution in [0.25, 0.3) is 0 Å². The van der Waals surface area contributed by atoms with Gasteiger partial charge in [-0.25, -0.2) is 0 Å². The maximum Gasteiger partial charge on any atom is 0.269 e. The Bertz CT molecular complexity index is 1200. The lowest BCUT2D eigenvalue weighted by Gasteiger charge is -2.15. The molecule has 1 atom stereocenters. The average molecular weight is 513 g/mol. The van der Waals surface area contributed by atoms with Crippen molar-refractivity contribution in [2.45, 2.75) is 51.5 Å². The number of ether oxygens (including phenoxy) is 1. The van der Waals surface area contributed by atoms with E-state index in [1.54, 1.807) is 6.92 Å². The summed E-state index contributed by atoms with van der Waals surface area (Å²) in [6, 6.07) is 13.2. The van der Waals surface area contributed by atoms with Gasteiger partial charge in [0.15, 0.2) is 17.1 Å². The van der Waals surface area contributed by atoms with Crippen LogP contribution in [0.5, 0.6) is 5.75 Å². The van der Waals surface area contributed by atoms with E-state index in [4.69, 9.17) is 4.74 Å². The first-order chi connectivity index (χ1) is 17.3. The van der Waals surface area contributed by atoms with Gasteiger partial charge in [-0.3, -0.25) is 19.7 Å². The van der Waals surface area contributed by atoms with Gasteiger partial charge in [-0.1, -0.05) is 30.8 Å². The molecule has 3 aromatic rings. The molecular formula is C24H28N6O5S. The molecule has 0 aliphatic carbocycles. The van der Waals surface area contributed by atoms with Crippen molar-refractivity contribution in [1.82, 2.24) is 20.1 Å². The number of nitro benzene ring substituents is 1. The zero-order chi connectivity index (χ0) is 26.1. The van der Waals surface area contributed by atoms with Gasteiger partial charge in [0.05, 0.1) is 17.2 Å². The molecule has 190 valence electrons. The van der Waals surface area contributed by atoms with Gasteiger partial charge in [0.25, 0.3) is 11.6 Å². The van der Waals surface area contributed by atoms with Gasteiger partial charge in [-0.2, -0.15) is 0 Å². The van der Waals surface area contributed by atoms with Crippen LogP contribution in [0.4, 0.5) is 11.4 Å². The lowest BCUT2D eigenvalue weighted by atomic mass is 10.2. The topological polar surface area (TPSA) is 141 Å². The van der Waals surface area contributed by atoms with Crippen LogP contribution in [0.1, 0.15) is 32.2 Å². The predicted molar refractivity (Wildman–Crippen MR) is 136 cm³/mol. The van der Waals surface area contributed by atoms with Crippen LogP contribution >= 0.6 is 11.8 Å². The van der Waals surface area contributed by atoms with Crippen molar-refractivity contribution >= 4 is 35.0 Å². The van der Waals surface area contributed by atoms with Gasteiger partial charge >= 0.3 is 0 Å². The number of nitrogens with zero attached hydrogens (tertiary/aromatic N) is 4. The molecule has 36 heavy (non-hydrogen) atoms. The highest BCUT2D eigenvalue weighted by molar-refractivity contribution is 7.99. The first-order valence-electron chi connectivity index (χ1n) is 11.4. The molecule has 3 rings (SSSR count). The minimum Gasteiger partial charge on any atom is -0.481 e. The van der Waals surface area contributed by atoms with E-state index in [2.05, 4.69) is 27.8 Å². The number of hydrogen-bond acceptors (Lipinski definition) is 8.